The summed E-state index contributed by atoms with van der Waals surface area (Å²) in [4.78, 5) is 38.7. The first kappa shape index (κ1) is 20.7. The van der Waals surface area contributed by atoms with Gasteiger partial charge in [0.25, 0.3) is 5.91 Å². The van der Waals surface area contributed by atoms with Crippen LogP contribution in [0.3, 0.4) is 0 Å². The van der Waals surface area contributed by atoms with Crippen molar-refractivity contribution in [2.24, 2.45) is 5.92 Å². The summed E-state index contributed by atoms with van der Waals surface area (Å²) in [5.41, 5.74) is 2.52. The van der Waals surface area contributed by atoms with Crippen LogP contribution in [0, 0.1) is 17.2 Å². The zero-order valence-corrected chi connectivity index (χ0v) is 17.8. The Kier molecular flexibility index (Phi) is 5.79. The van der Waals surface area contributed by atoms with E-state index in [4.69, 9.17) is 0 Å². The van der Waals surface area contributed by atoms with Crippen molar-refractivity contribution in [3.8, 4) is 6.07 Å². The van der Waals surface area contributed by atoms with E-state index < -0.39 is 11.6 Å². The number of thiophene rings is 1. The molecule has 1 aliphatic rings. The van der Waals surface area contributed by atoms with E-state index in [2.05, 4.69) is 18.3 Å². The number of amides is 1. The molecule has 3 aromatic rings. The van der Waals surface area contributed by atoms with E-state index in [1.165, 1.54) is 40.5 Å². The molecule has 5 nitrogen and oxygen atoms in total. The lowest BCUT2D eigenvalue weighted by Gasteiger charge is -2.17. The molecule has 4 rings (SSSR count). The Bertz CT molecular complexity index is 1200. The second-order valence-corrected chi connectivity index (χ2v) is 8.83. The molecule has 31 heavy (non-hydrogen) atoms. The summed E-state index contributed by atoms with van der Waals surface area (Å²) in [6, 6.07) is 16.6. The van der Waals surface area contributed by atoms with Gasteiger partial charge in [0, 0.05) is 21.6 Å². The van der Waals surface area contributed by atoms with Crippen molar-refractivity contribution in [1.82, 2.24) is 0 Å². The predicted molar refractivity (Wildman–Crippen MR) is 120 cm³/mol. The number of carbonyl (C=O) groups is 3. The number of nitriles is 1. The number of ketones is 2. The van der Waals surface area contributed by atoms with Gasteiger partial charge in [-0.1, -0.05) is 49.4 Å². The van der Waals surface area contributed by atoms with Gasteiger partial charge in [0.05, 0.1) is 5.56 Å². The molecule has 2 aromatic carbocycles. The Morgan fingerprint density at radius 2 is 1.58 bits per heavy atom. The first-order valence-corrected chi connectivity index (χ1v) is 10.9. The third-order valence-corrected chi connectivity index (χ3v) is 6.67. The van der Waals surface area contributed by atoms with E-state index in [0.29, 0.717) is 27.6 Å². The Labute approximate surface area is 184 Å². The van der Waals surface area contributed by atoms with Gasteiger partial charge in [0.1, 0.15) is 11.1 Å². The summed E-state index contributed by atoms with van der Waals surface area (Å²) in [6.45, 7) is 2.19. The number of hydrogen-bond donors (Lipinski definition) is 1. The molecule has 0 saturated carbocycles. The zero-order valence-electron chi connectivity index (χ0n) is 17.0. The van der Waals surface area contributed by atoms with E-state index in [1.807, 2.05) is 0 Å². The van der Waals surface area contributed by atoms with Crippen LogP contribution in [0.15, 0.2) is 54.6 Å². The van der Waals surface area contributed by atoms with Crippen LogP contribution in [0.4, 0.5) is 5.00 Å². The Morgan fingerprint density at radius 3 is 2.23 bits per heavy atom. The molecule has 154 valence electrons. The van der Waals surface area contributed by atoms with Crippen LogP contribution in [0.25, 0.3) is 0 Å². The number of nitrogens with one attached hydrogen (secondary N) is 1. The van der Waals surface area contributed by atoms with Gasteiger partial charge in [-0.05, 0) is 42.9 Å². The van der Waals surface area contributed by atoms with Gasteiger partial charge in [0.2, 0.25) is 11.6 Å². The van der Waals surface area contributed by atoms with Crippen molar-refractivity contribution < 1.29 is 14.4 Å². The number of benzene rings is 2. The maximum absolute atomic E-state index is 12.7. The fourth-order valence-corrected chi connectivity index (χ4v) is 5.11. The summed E-state index contributed by atoms with van der Waals surface area (Å²) in [5, 5.41) is 13.0. The summed E-state index contributed by atoms with van der Waals surface area (Å²) < 4.78 is 0. The van der Waals surface area contributed by atoms with Crippen LogP contribution in [0.5, 0.6) is 0 Å². The number of fused-ring (bicyclic) bond motifs is 1. The van der Waals surface area contributed by atoms with Crippen LogP contribution in [-0.4, -0.2) is 17.5 Å². The molecule has 1 atom stereocenters. The number of carbonyl (C=O) groups excluding carboxylic acids is 3. The highest BCUT2D eigenvalue weighted by atomic mass is 32.1. The van der Waals surface area contributed by atoms with Gasteiger partial charge < -0.3 is 5.32 Å². The van der Waals surface area contributed by atoms with Crippen molar-refractivity contribution in [3.05, 3.63) is 87.3 Å². The monoisotopic (exact) mass is 428 g/mol. The van der Waals surface area contributed by atoms with Crippen LogP contribution in [0.1, 0.15) is 60.4 Å². The van der Waals surface area contributed by atoms with Crippen molar-refractivity contribution in [3.63, 3.8) is 0 Å². The molecule has 1 amide bonds. The molecular formula is C25H20N2O3S. The minimum absolute atomic E-state index is 0.226. The lowest BCUT2D eigenvalue weighted by molar-refractivity contribution is 0.0817. The quantitative estimate of drug-likeness (QED) is 0.454. The standard InChI is InChI=1S/C25H20N2O3S/c1-15-7-12-19-20(14-26)25(31-21(19)13-15)27-24(30)18-10-8-17(9-11-18)23(29)22(28)16-5-3-2-4-6-16/h2-6,8-11,15H,7,12-13H2,1H3,(H,27,30)/t15-/m0/s1. The molecule has 0 unspecified atom stereocenters. The van der Waals surface area contributed by atoms with Crippen LogP contribution in [-0.2, 0) is 12.8 Å². The number of hydrogen-bond acceptors (Lipinski definition) is 5. The van der Waals surface area contributed by atoms with Gasteiger partial charge in [-0.25, -0.2) is 0 Å². The summed E-state index contributed by atoms with van der Waals surface area (Å²) >= 11 is 1.47. The highest BCUT2D eigenvalue weighted by molar-refractivity contribution is 7.16. The third-order valence-electron chi connectivity index (χ3n) is 5.50. The van der Waals surface area contributed by atoms with Gasteiger partial charge in [0.15, 0.2) is 0 Å². The molecule has 0 radical (unpaired) electrons. The molecule has 0 spiro atoms. The fraction of sp³-hybridized carbons (Fsp3) is 0.200. The predicted octanol–water partition coefficient (Wildman–Crippen LogP) is 5.06. The molecule has 0 fully saturated rings. The summed E-state index contributed by atoms with van der Waals surface area (Å²) in [7, 11) is 0. The number of Topliss-reactive ketones (excluding diaryl/α,β-unsaturated/α-hetero) is 2. The third kappa shape index (κ3) is 4.18. The van der Waals surface area contributed by atoms with E-state index in [1.54, 1.807) is 30.3 Å². The minimum Gasteiger partial charge on any atom is -0.312 e. The Morgan fingerprint density at radius 1 is 0.968 bits per heavy atom. The lowest BCUT2D eigenvalue weighted by Crippen LogP contribution is -2.15. The van der Waals surface area contributed by atoms with Crippen LogP contribution in [0.2, 0.25) is 0 Å². The van der Waals surface area contributed by atoms with Gasteiger partial charge in [-0.15, -0.1) is 11.3 Å². The number of nitrogens with zero attached hydrogens (tertiary/aromatic N) is 1. The summed E-state index contributed by atoms with van der Waals surface area (Å²) in [5.74, 6) is -0.985. The molecule has 0 bridgehead atoms. The van der Waals surface area contributed by atoms with Crippen molar-refractivity contribution >= 4 is 33.8 Å². The molecule has 0 aliphatic heterocycles. The van der Waals surface area contributed by atoms with Gasteiger partial charge >= 0.3 is 0 Å². The van der Waals surface area contributed by atoms with Gasteiger partial charge in [-0.2, -0.15) is 5.26 Å². The maximum Gasteiger partial charge on any atom is 0.256 e. The van der Waals surface area contributed by atoms with Crippen LogP contribution >= 0.6 is 11.3 Å². The Hall–Kier alpha value is -3.56. The zero-order chi connectivity index (χ0) is 22.0. The van der Waals surface area contributed by atoms with Crippen molar-refractivity contribution in [2.45, 2.75) is 26.2 Å². The largest absolute Gasteiger partial charge is 0.312 e. The van der Waals surface area contributed by atoms with Crippen molar-refractivity contribution in [1.29, 1.82) is 5.26 Å². The molecule has 1 heterocycles. The van der Waals surface area contributed by atoms with E-state index in [9.17, 15) is 19.6 Å². The minimum atomic E-state index is -0.620. The number of anilines is 1. The second kappa shape index (κ2) is 8.66. The molecule has 0 saturated heterocycles. The number of rotatable bonds is 5. The maximum atomic E-state index is 12.7. The molecule has 6 heteroatoms. The van der Waals surface area contributed by atoms with E-state index >= 15 is 0 Å². The highest BCUT2D eigenvalue weighted by Crippen LogP contribution is 2.39. The molecule has 1 aliphatic carbocycles. The van der Waals surface area contributed by atoms with Crippen LogP contribution < -0.4 is 5.32 Å². The molecular weight excluding hydrogens is 408 g/mol. The topological polar surface area (TPSA) is 87.0 Å². The SMILES string of the molecule is C[C@H]1CCc2c(sc(NC(=O)c3ccc(C(=O)C(=O)c4ccccc4)cc3)c2C#N)C1. The fourth-order valence-electron chi connectivity index (χ4n) is 3.76. The second-order valence-electron chi connectivity index (χ2n) is 7.72. The smallest absolute Gasteiger partial charge is 0.256 e. The Balaban J connectivity index is 1.50. The first-order valence-electron chi connectivity index (χ1n) is 10.1. The lowest BCUT2D eigenvalue weighted by atomic mass is 9.88. The average Bonchev–Trinajstić information content (AvgIpc) is 3.14. The first-order chi connectivity index (χ1) is 15.0. The van der Waals surface area contributed by atoms with E-state index in [-0.39, 0.29) is 11.5 Å². The van der Waals surface area contributed by atoms with Crippen molar-refractivity contribution in [2.75, 3.05) is 5.32 Å². The normalized spacial score (nSPS) is 14.9. The van der Waals surface area contributed by atoms with Gasteiger partial charge in [-0.3, -0.25) is 14.4 Å². The average molecular weight is 429 g/mol. The van der Waals surface area contributed by atoms with E-state index in [0.717, 1.165) is 24.8 Å². The highest BCUT2D eigenvalue weighted by Gasteiger charge is 2.25. The molecule has 1 N–H and O–H groups in total. The summed E-state index contributed by atoms with van der Waals surface area (Å²) in [6.07, 6.45) is 2.83. The molecule has 1 aromatic heterocycles.